The molecule has 0 saturated carbocycles. The minimum absolute atomic E-state index is 0.0560. The Kier molecular flexibility index (Phi) is 6.24. The molecule has 2 rings (SSSR count). The molecule has 0 saturated heterocycles. The van der Waals surface area contributed by atoms with Crippen molar-refractivity contribution in [1.29, 1.82) is 0 Å². The number of rotatable bonds is 6. The van der Waals surface area contributed by atoms with Crippen molar-refractivity contribution in [2.45, 2.75) is 59.6 Å². The quantitative estimate of drug-likeness (QED) is 0.798. The number of nitrogens with one attached hydrogen (secondary N) is 1. The normalized spacial score (nSPS) is 13.4. The lowest BCUT2D eigenvalue weighted by atomic mass is 10.00. The van der Waals surface area contributed by atoms with Gasteiger partial charge in [0.1, 0.15) is 5.75 Å². The van der Waals surface area contributed by atoms with E-state index in [1.807, 2.05) is 31.2 Å². The van der Waals surface area contributed by atoms with Gasteiger partial charge in [0.2, 0.25) is 0 Å². The predicted octanol–water partition coefficient (Wildman–Crippen LogP) is 5.07. The zero-order valence-corrected chi connectivity index (χ0v) is 16.1. The van der Waals surface area contributed by atoms with Crippen molar-refractivity contribution in [3.63, 3.8) is 0 Å². The Morgan fingerprint density at radius 3 is 2.28 bits per heavy atom. The highest BCUT2D eigenvalue weighted by Gasteiger charge is 2.20. The lowest BCUT2D eigenvalue weighted by molar-refractivity contribution is -0.127. The van der Waals surface area contributed by atoms with Crippen LogP contribution < -0.4 is 10.1 Å². The highest BCUT2D eigenvalue weighted by atomic mass is 16.5. The van der Waals surface area contributed by atoms with Crippen LogP contribution in [0.4, 0.5) is 0 Å². The second kappa shape index (κ2) is 8.19. The number of carbonyl (C=O) groups is 1. The third kappa shape index (κ3) is 4.85. The Bertz CT molecular complexity index is 737. The number of benzene rings is 2. The van der Waals surface area contributed by atoms with E-state index in [2.05, 4.69) is 51.2 Å². The summed E-state index contributed by atoms with van der Waals surface area (Å²) in [6.45, 7) is 12.2. The molecule has 2 aromatic rings. The molecule has 2 atom stereocenters. The number of hydrogen-bond donors (Lipinski definition) is 1. The van der Waals surface area contributed by atoms with E-state index < -0.39 is 6.10 Å². The van der Waals surface area contributed by atoms with E-state index in [0.29, 0.717) is 5.92 Å². The van der Waals surface area contributed by atoms with E-state index >= 15 is 0 Å². The number of carbonyl (C=O) groups excluding carboxylic acids is 1. The standard InChI is InChI=1S/C22H29NO2/c1-14(2)19-9-7-8-10-21(19)25-18(6)22(24)23-17(5)20-12-11-15(3)13-16(20)4/h7-14,17-18H,1-6H3,(H,23,24)/t17-,18-/m0/s1. The fraction of sp³-hybridized carbons (Fsp3) is 0.409. The summed E-state index contributed by atoms with van der Waals surface area (Å²) < 4.78 is 5.94. The van der Waals surface area contributed by atoms with Gasteiger partial charge in [-0.1, -0.05) is 55.8 Å². The molecule has 2 aromatic carbocycles. The molecule has 0 fully saturated rings. The lowest BCUT2D eigenvalue weighted by Gasteiger charge is -2.22. The molecule has 0 aromatic heterocycles. The first-order valence-electron chi connectivity index (χ1n) is 8.92. The Hall–Kier alpha value is -2.29. The fourth-order valence-corrected chi connectivity index (χ4v) is 3.03. The maximum atomic E-state index is 12.6. The van der Waals surface area contributed by atoms with Gasteiger partial charge in [-0.2, -0.15) is 0 Å². The molecule has 3 nitrogen and oxygen atoms in total. The summed E-state index contributed by atoms with van der Waals surface area (Å²) in [4.78, 5) is 12.6. The first kappa shape index (κ1) is 19.0. The second-order valence-corrected chi connectivity index (χ2v) is 7.04. The molecule has 0 aliphatic rings. The van der Waals surface area contributed by atoms with Crippen LogP contribution in [0.1, 0.15) is 61.9 Å². The average molecular weight is 339 g/mol. The van der Waals surface area contributed by atoms with Crippen molar-refractivity contribution >= 4 is 5.91 Å². The summed E-state index contributed by atoms with van der Waals surface area (Å²) in [5.41, 5.74) is 4.66. The summed E-state index contributed by atoms with van der Waals surface area (Å²) >= 11 is 0. The molecule has 25 heavy (non-hydrogen) atoms. The van der Waals surface area contributed by atoms with Crippen LogP contribution in [0.25, 0.3) is 0 Å². The molecule has 0 heterocycles. The van der Waals surface area contributed by atoms with Crippen molar-refractivity contribution in [3.8, 4) is 5.75 Å². The Morgan fingerprint density at radius 2 is 1.64 bits per heavy atom. The van der Waals surface area contributed by atoms with Crippen molar-refractivity contribution in [2.24, 2.45) is 0 Å². The Morgan fingerprint density at radius 1 is 0.960 bits per heavy atom. The van der Waals surface area contributed by atoms with Crippen molar-refractivity contribution in [1.82, 2.24) is 5.32 Å². The highest BCUT2D eigenvalue weighted by Crippen LogP contribution is 2.27. The average Bonchev–Trinajstić information content (AvgIpc) is 2.54. The molecule has 0 bridgehead atoms. The fourth-order valence-electron chi connectivity index (χ4n) is 3.03. The largest absolute Gasteiger partial charge is 0.481 e. The number of amides is 1. The van der Waals surface area contributed by atoms with Crippen LogP contribution >= 0.6 is 0 Å². The SMILES string of the molecule is Cc1ccc([C@H](C)NC(=O)[C@H](C)Oc2ccccc2C(C)C)c(C)c1. The van der Waals surface area contributed by atoms with Gasteiger partial charge < -0.3 is 10.1 Å². The van der Waals surface area contributed by atoms with Gasteiger partial charge >= 0.3 is 0 Å². The first-order chi connectivity index (χ1) is 11.8. The topological polar surface area (TPSA) is 38.3 Å². The summed E-state index contributed by atoms with van der Waals surface area (Å²) in [5, 5.41) is 3.06. The van der Waals surface area contributed by atoms with E-state index in [1.165, 1.54) is 11.1 Å². The van der Waals surface area contributed by atoms with Gasteiger partial charge in [-0.05, 0) is 56.4 Å². The van der Waals surface area contributed by atoms with Gasteiger partial charge in [0.25, 0.3) is 5.91 Å². The Balaban J connectivity index is 2.05. The zero-order chi connectivity index (χ0) is 18.6. The van der Waals surface area contributed by atoms with Crippen LogP contribution in [0.5, 0.6) is 5.75 Å². The van der Waals surface area contributed by atoms with Crippen LogP contribution in [0.2, 0.25) is 0 Å². The molecule has 134 valence electrons. The van der Waals surface area contributed by atoms with Crippen LogP contribution in [0.15, 0.2) is 42.5 Å². The molecule has 3 heteroatoms. The molecular weight excluding hydrogens is 310 g/mol. The van der Waals surface area contributed by atoms with Crippen LogP contribution in [-0.4, -0.2) is 12.0 Å². The monoisotopic (exact) mass is 339 g/mol. The van der Waals surface area contributed by atoms with Crippen molar-refractivity contribution < 1.29 is 9.53 Å². The van der Waals surface area contributed by atoms with Gasteiger partial charge in [-0.15, -0.1) is 0 Å². The van der Waals surface area contributed by atoms with Gasteiger partial charge in [-0.25, -0.2) is 0 Å². The smallest absolute Gasteiger partial charge is 0.261 e. The minimum atomic E-state index is -0.548. The summed E-state index contributed by atoms with van der Waals surface area (Å²) in [6.07, 6.45) is -0.548. The summed E-state index contributed by atoms with van der Waals surface area (Å²) in [5.74, 6) is 1.02. The van der Waals surface area contributed by atoms with E-state index in [4.69, 9.17) is 4.74 Å². The maximum absolute atomic E-state index is 12.6. The van der Waals surface area contributed by atoms with Gasteiger partial charge in [0.05, 0.1) is 6.04 Å². The Labute approximate surface area is 151 Å². The second-order valence-electron chi connectivity index (χ2n) is 7.04. The predicted molar refractivity (Wildman–Crippen MR) is 103 cm³/mol. The molecule has 0 aliphatic carbocycles. The molecule has 0 aliphatic heterocycles. The summed E-state index contributed by atoms with van der Waals surface area (Å²) in [6, 6.07) is 14.1. The van der Waals surface area contributed by atoms with E-state index in [-0.39, 0.29) is 11.9 Å². The number of hydrogen-bond acceptors (Lipinski definition) is 2. The highest BCUT2D eigenvalue weighted by molar-refractivity contribution is 5.81. The molecule has 1 amide bonds. The maximum Gasteiger partial charge on any atom is 0.261 e. The van der Waals surface area contributed by atoms with Gasteiger partial charge in [0.15, 0.2) is 6.10 Å². The number of ether oxygens (including phenoxy) is 1. The van der Waals surface area contributed by atoms with Crippen molar-refractivity contribution in [3.05, 3.63) is 64.7 Å². The molecule has 0 radical (unpaired) electrons. The molecule has 0 spiro atoms. The molecule has 0 unspecified atom stereocenters. The van der Waals surface area contributed by atoms with E-state index in [0.717, 1.165) is 16.9 Å². The van der Waals surface area contributed by atoms with Crippen LogP contribution in [-0.2, 0) is 4.79 Å². The lowest BCUT2D eigenvalue weighted by Crippen LogP contribution is -2.38. The van der Waals surface area contributed by atoms with E-state index in [9.17, 15) is 4.79 Å². The third-order valence-electron chi connectivity index (χ3n) is 4.46. The minimum Gasteiger partial charge on any atom is -0.481 e. The molecular formula is C22H29NO2. The van der Waals surface area contributed by atoms with Crippen LogP contribution in [0, 0.1) is 13.8 Å². The first-order valence-corrected chi connectivity index (χ1v) is 8.92. The van der Waals surface area contributed by atoms with Crippen molar-refractivity contribution in [2.75, 3.05) is 0 Å². The molecule has 1 N–H and O–H groups in total. The van der Waals surface area contributed by atoms with Crippen LogP contribution in [0.3, 0.4) is 0 Å². The number of para-hydroxylation sites is 1. The zero-order valence-electron chi connectivity index (χ0n) is 16.1. The third-order valence-corrected chi connectivity index (χ3v) is 4.46. The number of aryl methyl sites for hydroxylation is 2. The van der Waals surface area contributed by atoms with Gasteiger partial charge in [0, 0.05) is 0 Å². The van der Waals surface area contributed by atoms with E-state index in [1.54, 1.807) is 6.92 Å². The summed E-state index contributed by atoms with van der Waals surface area (Å²) in [7, 11) is 0. The van der Waals surface area contributed by atoms with Gasteiger partial charge in [-0.3, -0.25) is 4.79 Å².